The number of rotatable bonds is 4. The predicted molar refractivity (Wildman–Crippen MR) is 155 cm³/mol. The number of carbonyl (C=O) groups excluding carboxylic acids is 2. The molecule has 0 aliphatic carbocycles. The first-order valence-electron chi connectivity index (χ1n) is 13.7. The number of aryl methyl sites for hydroxylation is 1. The Morgan fingerprint density at radius 2 is 1.66 bits per heavy atom. The van der Waals surface area contributed by atoms with E-state index in [0.29, 0.717) is 31.7 Å². The molecule has 0 spiro atoms. The van der Waals surface area contributed by atoms with E-state index < -0.39 is 0 Å². The molecule has 2 aliphatic rings. The Kier molecular flexibility index (Phi) is 7.47. The van der Waals surface area contributed by atoms with Crippen LogP contribution in [0.4, 0.5) is 0 Å². The monoisotopic (exact) mass is 529 g/mol. The third-order valence-corrected chi connectivity index (χ3v) is 9.03. The molecule has 0 bridgehead atoms. The number of thiophene rings is 1. The lowest BCUT2D eigenvalue weighted by molar-refractivity contribution is -0.135. The van der Waals surface area contributed by atoms with Crippen LogP contribution in [0, 0.1) is 6.92 Å². The molecule has 38 heavy (non-hydrogen) atoms. The fourth-order valence-electron chi connectivity index (χ4n) is 5.72. The van der Waals surface area contributed by atoms with Crippen LogP contribution in [-0.2, 0) is 16.6 Å². The van der Waals surface area contributed by atoms with Crippen molar-refractivity contribution in [3.8, 4) is 0 Å². The highest BCUT2D eigenvalue weighted by Crippen LogP contribution is 2.37. The Labute approximate surface area is 231 Å². The molecule has 1 fully saturated rings. The van der Waals surface area contributed by atoms with E-state index in [1.165, 1.54) is 27.1 Å². The number of hydrogen-bond donors (Lipinski definition) is 0. The van der Waals surface area contributed by atoms with Gasteiger partial charge >= 0.3 is 0 Å². The molecule has 1 aromatic heterocycles. The van der Waals surface area contributed by atoms with E-state index in [4.69, 9.17) is 0 Å². The second-order valence-corrected chi connectivity index (χ2v) is 12.8. The van der Waals surface area contributed by atoms with Gasteiger partial charge in [-0.2, -0.15) is 0 Å². The summed E-state index contributed by atoms with van der Waals surface area (Å²) in [4.78, 5) is 34.5. The topological polar surface area (TPSA) is 43.9 Å². The summed E-state index contributed by atoms with van der Waals surface area (Å²) in [6, 6.07) is 19.0. The maximum absolute atomic E-state index is 13.6. The minimum absolute atomic E-state index is 0.0276. The Bertz CT molecular complexity index is 1290. The number of amides is 2. The van der Waals surface area contributed by atoms with Crippen molar-refractivity contribution in [2.24, 2.45) is 0 Å². The van der Waals surface area contributed by atoms with Crippen molar-refractivity contribution in [2.75, 3.05) is 32.7 Å². The predicted octanol–water partition coefficient (Wildman–Crippen LogP) is 5.67. The maximum Gasteiger partial charge on any atom is 0.254 e. The summed E-state index contributed by atoms with van der Waals surface area (Å²) in [6.07, 6.45) is 0.981. The van der Waals surface area contributed by atoms with Gasteiger partial charge in [0.15, 0.2) is 0 Å². The molecule has 200 valence electrons. The van der Waals surface area contributed by atoms with Crippen molar-refractivity contribution >= 4 is 23.2 Å². The molecule has 5 rings (SSSR count). The molecule has 3 aromatic rings. The number of hydrogen-bond acceptors (Lipinski definition) is 4. The fourth-order valence-corrected chi connectivity index (χ4v) is 6.62. The van der Waals surface area contributed by atoms with E-state index in [0.717, 1.165) is 13.0 Å². The Morgan fingerprint density at radius 1 is 0.947 bits per heavy atom. The van der Waals surface area contributed by atoms with Gasteiger partial charge in [-0.05, 0) is 66.0 Å². The molecule has 2 aliphatic heterocycles. The van der Waals surface area contributed by atoms with Gasteiger partial charge in [0.1, 0.15) is 0 Å². The molecule has 6 heteroatoms. The lowest BCUT2D eigenvalue weighted by Gasteiger charge is -2.42. The van der Waals surface area contributed by atoms with Gasteiger partial charge in [-0.3, -0.25) is 14.5 Å². The molecule has 0 saturated carbocycles. The van der Waals surface area contributed by atoms with E-state index in [2.05, 4.69) is 87.4 Å². The summed E-state index contributed by atoms with van der Waals surface area (Å²) in [6.45, 7) is 13.6. The number of nitrogens with zero attached hydrogens (tertiary/aromatic N) is 3. The van der Waals surface area contributed by atoms with Gasteiger partial charge in [0.05, 0.1) is 12.6 Å². The second-order valence-electron chi connectivity index (χ2n) is 11.8. The van der Waals surface area contributed by atoms with Crippen molar-refractivity contribution < 1.29 is 9.59 Å². The number of piperazine rings is 1. The van der Waals surface area contributed by atoms with Crippen LogP contribution in [0.2, 0.25) is 0 Å². The van der Waals surface area contributed by atoms with Crippen LogP contribution in [0.5, 0.6) is 0 Å². The SMILES string of the molecule is Cc1ccc(C2c3ccsc3CCN2CC(=O)N2CCN(C(=O)c3ccc(C(C)(C)C)cc3)C(C)C2)cc1. The molecule has 0 N–H and O–H groups in total. The largest absolute Gasteiger partial charge is 0.338 e. The van der Waals surface area contributed by atoms with Crippen LogP contribution in [-0.4, -0.2) is 65.3 Å². The molecule has 0 radical (unpaired) electrons. The summed E-state index contributed by atoms with van der Waals surface area (Å²) in [5.41, 5.74) is 5.80. The van der Waals surface area contributed by atoms with Crippen LogP contribution in [0.25, 0.3) is 0 Å². The molecular weight excluding hydrogens is 490 g/mol. The molecule has 1 saturated heterocycles. The summed E-state index contributed by atoms with van der Waals surface area (Å²) < 4.78 is 0. The standard InChI is InChI=1S/C32H39N3O2S/c1-22-6-8-24(9-7-22)30-27-15-19-38-28(27)14-16-34(30)21-29(36)33-17-18-35(23(2)20-33)31(37)25-10-12-26(13-11-25)32(3,4)5/h6-13,15,19,23,30H,14,16-18,20-21H2,1-5H3. The molecule has 2 atom stereocenters. The number of fused-ring (bicyclic) bond motifs is 1. The van der Waals surface area contributed by atoms with E-state index >= 15 is 0 Å². The van der Waals surface area contributed by atoms with Crippen LogP contribution in [0.3, 0.4) is 0 Å². The smallest absolute Gasteiger partial charge is 0.254 e. The van der Waals surface area contributed by atoms with E-state index in [-0.39, 0.29) is 29.3 Å². The first-order valence-corrected chi connectivity index (χ1v) is 14.6. The average Bonchev–Trinajstić information content (AvgIpc) is 3.37. The van der Waals surface area contributed by atoms with E-state index in [1.807, 2.05) is 33.3 Å². The van der Waals surface area contributed by atoms with Crippen molar-refractivity contribution in [1.29, 1.82) is 0 Å². The molecule has 2 amide bonds. The van der Waals surface area contributed by atoms with Gasteiger partial charge in [0, 0.05) is 42.7 Å². The summed E-state index contributed by atoms with van der Waals surface area (Å²) in [5.74, 6) is 0.194. The summed E-state index contributed by atoms with van der Waals surface area (Å²) >= 11 is 1.82. The highest BCUT2D eigenvalue weighted by molar-refractivity contribution is 7.10. The Balaban J connectivity index is 1.25. The minimum atomic E-state index is -0.0276. The summed E-state index contributed by atoms with van der Waals surface area (Å²) in [7, 11) is 0. The second kappa shape index (κ2) is 10.7. The Morgan fingerprint density at radius 3 is 2.32 bits per heavy atom. The highest BCUT2D eigenvalue weighted by atomic mass is 32.1. The van der Waals surface area contributed by atoms with Crippen LogP contribution in [0.15, 0.2) is 60.0 Å². The van der Waals surface area contributed by atoms with Crippen LogP contribution in [0.1, 0.15) is 71.2 Å². The van der Waals surface area contributed by atoms with Crippen LogP contribution < -0.4 is 0 Å². The van der Waals surface area contributed by atoms with Crippen molar-refractivity contribution in [3.63, 3.8) is 0 Å². The van der Waals surface area contributed by atoms with Crippen molar-refractivity contribution in [2.45, 2.75) is 58.5 Å². The maximum atomic E-state index is 13.6. The first-order chi connectivity index (χ1) is 18.1. The van der Waals surface area contributed by atoms with Gasteiger partial charge in [-0.25, -0.2) is 0 Å². The molecule has 5 nitrogen and oxygen atoms in total. The average molecular weight is 530 g/mol. The van der Waals surface area contributed by atoms with Gasteiger partial charge < -0.3 is 9.80 Å². The normalized spacial score (nSPS) is 20.3. The summed E-state index contributed by atoms with van der Waals surface area (Å²) in [5, 5.41) is 2.17. The molecule has 2 unspecified atom stereocenters. The zero-order chi connectivity index (χ0) is 27.0. The molecular formula is C32H39N3O2S. The fraction of sp³-hybridized carbons (Fsp3) is 0.438. The quantitative estimate of drug-likeness (QED) is 0.437. The van der Waals surface area contributed by atoms with Gasteiger partial charge in [0.25, 0.3) is 5.91 Å². The van der Waals surface area contributed by atoms with Crippen molar-refractivity contribution in [3.05, 3.63) is 92.7 Å². The zero-order valence-corrected chi connectivity index (χ0v) is 24.1. The Hall–Kier alpha value is -2.96. The third kappa shape index (κ3) is 5.43. The lowest BCUT2D eigenvalue weighted by Crippen LogP contribution is -2.57. The number of benzene rings is 2. The van der Waals surface area contributed by atoms with E-state index in [9.17, 15) is 9.59 Å². The third-order valence-electron chi connectivity index (χ3n) is 8.04. The zero-order valence-electron chi connectivity index (χ0n) is 23.2. The first kappa shape index (κ1) is 26.6. The highest BCUT2D eigenvalue weighted by Gasteiger charge is 2.34. The minimum Gasteiger partial charge on any atom is -0.338 e. The molecule has 3 heterocycles. The van der Waals surface area contributed by atoms with Gasteiger partial charge in [0.2, 0.25) is 5.91 Å². The van der Waals surface area contributed by atoms with E-state index in [1.54, 1.807) is 0 Å². The van der Waals surface area contributed by atoms with Crippen molar-refractivity contribution in [1.82, 2.24) is 14.7 Å². The van der Waals surface area contributed by atoms with Crippen LogP contribution >= 0.6 is 11.3 Å². The molecule has 2 aromatic carbocycles. The number of carbonyl (C=O) groups is 2. The lowest BCUT2D eigenvalue weighted by atomic mass is 9.86. The van der Waals surface area contributed by atoms with Gasteiger partial charge in [-0.1, -0.05) is 62.7 Å². The van der Waals surface area contributed by atoms with Gasteiger partial charge in [-0.15, -0.1) is 11.3 Å².